The molecule has 1 aromatic carbocycles. The second-order valence-electron chi connectivity index (χ2n) is 7.14. The first-order valence-corrected chi connectivity index (χ1v) is 10.4. The van der Waals surface area contributed by atoms with Gasteiger partial charge in [0, 0.05) is 39.1 Å². The Morgan fingerprint density at radius 2 is 2.04 bits per heavy atom. The fraction of sp³-hybridized carbons (Fsp3) is 0.667. The molecule has 0 radical (unpaired) electrons. The number of fused-ring (bicyclic) bond motifs is 1. The maximum absolute atomic E-state index is 5.58. The van der Waals surface area contributed by atoms with Crippen molar-refractivity contribution in [2.75, 3.05) is 59.1 Å². The van der Waals surface area contributed by atoms with Gasteiger partial charge in [0.05, 0.1) is 19.8 Å². The molecule has 1 fully saturated rings. The summed E-state index contributed by atoms with van der Waals surface area (Å²) in [6.45, 7) is 10.6. The summed E-state index contributed by atoms with van der Waals surface area (Å²) >= 11 is 0. The van der Waals surface area contributed by atoms with Crippen LogP contribution in [0, 0.1) is 0 Å². The molecule has 2 aliphatic rings. The van der Waals surface area contributed by atoms with E-state index in [-0.39, 0.29) is 0 Å². The quantitative estimate of drug-likeness (QED) is 0.392. The monoisotopic (exact) mass is 374 g/mol. The van der Waals surface area contributed by atoms with E-state index in [4.69, 9.17) is 14.5 Å². The Morgan fingerprint density at radius 3 is 2.89 bits per heavy atom. The zero-order valence-electron chi connectivity index (χ0n) is 16.6. The smallest absolute Gasteiger partial charge is 0.191 e. The first kappa shape index (κ1) is 20.0. The number of morpholine rings is 1. The van der Waals surface area contributed by atoms with Crippen LogP contribution in [-0.2, 0) is 17.6 Å². The molecule has 150 valence electrons. The van der Waals surface area contributed by atoms with Gasteiger partial charge in [-0.15, -0.1) is 0 Å². The number of guanidine groups is 1. The Balaban J connectivity index is 1.34. The van der Waals surface area contributed by atoms with E-state index < -0.39 is 0 Å². The van der Waals surface area contributed by atoms with E-state index in [1.165, 1.54) is 17.5 Å². The van der Waals surface area contributed by atoms with Gasteiger partial charge in [-0.2, -0.15) is 0 Å². The van der Waals surface area contributed by atoms with Gasteiger partial charge in [0.1, 0.15) is 5.75 Å². The summed E-state index contributed by atoms with van der Waals surface area (Å²) < 4.78 is 11.0. The topological polar surface area (TPSA) is 58.1 Å². The van der Waals surface area contributed by atoms with Crippen LogP contribution >= 0.6 is 0 Å². The van der Waals surface area contributed by atoms with Crippen molar-refractivity contribution < 1.29 is 9.47 Å². The first-order chi connectivity index (χ1) is 13.3. The Hall–Kier alpha value is -1.79. The van der Waals surface area contributed by atoms with Crippen molar-refractivity contribution in [2.45, 2.75) is 32.6 Å². The van der Waals surface area contributed by atoms with Crippen LogP contribution in [-0.4, -0.2) is 69.9 Å². The lowest BCUT2D eigenvalue weighted by Crippen LogP contribution is -2.38. The normalized spacial score (nSPS) is 17.4. The van der Waals surface area contributed by atoms with Crippen molar-refractivity contribution in [3.8, 4) is 5.75 Å². The highest BCUT2D eigenvalue weighted by atomic mass is 16.5. The van der Waals surface area contributed by atoms with Gasteiger partial charge in [-0.1, -0.05) is 12.1 Å². The van der Waals surface area contributed by atoms with Gasteiger partial charge in [0.15, 0.2) is 5.96 Å². The Bertz CT molecular complexity index is 600. The van der Waals surface area contributed by atoms with Gasteiger partial charge < -0.3 is 20.1 Å². The summed E-state index contributed by atoms with van der Waals surface area (Å²) in [7, 11) is 0. The van der Waals surface area contributed by atoms with Crippen molar-refractivity contribution >= 4 is 5.96 Å². The fourth-order valence-corrected chi connectivity index (χ4v) is 3.53. The van der Waals surface area contributed by atoms with Crippen LogP contribution in [0.2, 0.25) is 0 Å². The van der Waals surface area contributed by atoms with E-state index in [9.17, 15) is 0 Å². The third-order valence-corrected chi connectivity index (χ3v) is 5.06. The third kappa shape index (κ3) is 6.70. The molecule has 2 aliphatic heterocycles. The number of hydrogen-bond donors (Lipinski definition) is 2. The molecule has 0 atom stereocenters. The highest BCUT2D eigenvalue weighted by Crippen LogP contribution is 2.25. The zero-order valence-corrected chi connectivity index (χ0v) is 16.6. The lowest BCUT2D eigenvalue weighted by atomic mass is 10.1. The van der Waals surface area contributed by atoms with Crippen LogP contribution in [0.4, 0.5) is 0 Å². The molecule has 0 unspecified atom stereocenters. The summed E-state index contributed by atoms with van der Waals surface area (Å²) in [6.07, 6.45) is 4.35. The minimum atomic E-state index is 0.819. The molecule has 0 bridgehead atoms. The number of ether oxygens (including phenoxy) is 2. The number of nitrogens with one attached hydrogen (secondary N) is 2. The summed E-state index contributed by atoms with van der Waals surface area (Å²) in [5.74, 6) is 1.98. The molecule has 2 N–H and O–H groups in total. The minimum Gasteiger partial charge on any atom is -0.493 e. The molecular formula is C21H34N4O2. The van der Waals surface area contributed by atoms with E-state index in [1.807, 2.05) is 0 Å². The predicted molar refractivity (Wildman–Crippen MR) is 110 cm³/mol. The van der Waals surface area contributed by atoms with E-state index in [2.05, 4.69) is 40.7 Å². The van der Waals surface area contributed by atoms with Gasteiger partial charge >= 0.3 is 0 Å². The molecule has 6 nitrogen and oxygen atoms in total. The van der Waals surface area contributed by atoms with Crippen molar-refractivity contribution in [1.29, 1.82) is 0 Å². The van der Waals surface area contributed by atoms with E-state index in [1.54, 1.807) is 0 Å². The first-order valence-electron chi connectivity index (χ1n) is 10.4. The van der Waals surface area contributed by atoms with E-state index in [0.29, 0.717) is 0 Å². The standard InChI is InChI=1S/C21H34N4O2/c1-2-22-21(23-9-3-4-11-25-12-15-26-16-13-25)24-10-7-18-5-6-20-19(17-18)8-14-27-20/h5-6,17H,2-4,7-16H2,1H3,(H2,22,23,24). The minimum absolute atomic E-state index is 0.819. The number of nitrogens with zero attached hydrogens (tertiary/aromatic N) is 2. The van der Waals surface area contributed by atoms with Gasteiger partial charge in [0.25, 0.3) is 0 Å². The molecular weight excluding hydrogens is 340 g/mol. The largest absolute Gasteiger partial charge is 0.493 e. The molecule has 0 aliphatic carbocycles. The number of hydrogen-bond acceptors (Lipinski definition) is 4. The maximum atomic E-state index is 5.58. The van der Waals surface area contributed by atoms with Gasteiger partial charge in [-0.25, -0.2) is 0 Å². The van der Waals surface area contributed by atoms with Crippen LogP contribution in [0.15, 0.2) is 23.2 Å². The SMILES string of the molecule is CCNC(=NCCCCN1CCOCC1)NCCc1ccc2c(c1)CCO2. The van der Waals surface area contributed by atoms with Crippen LogP contribution in [0.3, 0.4) is 0 Å². The molecule has 1 saturated heterocycles. The molecule has 0 spiro atoms. The lowest BCUT2D eigenvalue weighted by molar-refractivity contribution is 0.0373. The summed E-state index contributed by atoms with van der Waals surface area (Å²) in [4.78, 5) is 7.20. The fourth-order valence-electron chi connectivity index (χ4n) is 3.53. The highest BCUT2D eigenvalue weighted by Gasteiger charge is 2.12. The number of unbranched alkanes of at least 4 members (excludes halogenated alkanes) is 1. The van der Waals surface area contributed by atoms with E-state index >= 15 is 0 Å². The maximum Gasteiger partial charge on any atom is 0.191 e. The van der Waals surface area contributed by atoms with Crippen molar-refractivity contribution in [3.63, 3.8) is 0 Å². The molecule has 6 heteroatoms. The van der Waals surface area contributed by atoms with Gasteiger partial charge in [0.2, 0.25) is 0 Å². The molecule has 0 saturated carbocycles. The zero-order chi connectivity index (χ0) is 18.7. The third-order valence-electron chi connectivity index (χ3n) is 5.06. The molecule has 0 amide bonds. The van der Waals surface area contributed by atoms with Gasteiger partial charge in [-0.05, 0) is 49.9 Å². The molecule has 27 heavy (non-hydrogen) atoms. The van der Waals surface area contributed by atoms with Crippen molar-refractivity contribution in [1.82, 2.24) is 15.5 Å². The van der Waals surface area contributed by atoms with E-state index in [0.717, 1.165) is 90.1 Å². The second-order valence-corrected chi connectivity index (χ2v) is 7.14. The summed E-state index contributed by atoms with van der Waals surface area (Å²) in [5, 5.41) is 6.80. The molecule has 1 aromatic rings. The molecule has 0 aromatic heterocycles. The average Bonchev–Trinajstić information content (AvgIpc) is 3.16. The Labute approximate surface area is 163 Å². The predicted octanol–water partition coefficient (Wildman–Crippen LogP) is 1.83. The van der Waals surface area contributed by atoms with Gasteiger partial charge in [-0.3, -0.25) is 9.89 Å². The summed E-state index contributed by atoms with van der Waals surface area (Å²) in [6, 6.07) is 6.55. The molecule has 3 rings (SSSR count). The number of rotatable bonds is 9. The number of benzene rings is 1. The summed E-state index contributed by atoms with van der Waals surface area (Å²) in [5.41, 5.74) is 2.70. The highest BCUT2D eigenvalue weighted by molar-refractivity contribution is 5.79. The van der Waals surface area contributed by atoms with Crippen molar-refractivity contribution in [3.05, 3.63) is 29.3 Å². The Kier molecular flexibility index (Phi) is 8.24. The second kappa shape index (κ2) is 11.1. The van der Waals surface area contributed by atoms with Crippen LogP contribution in [0.25, 0.3) is 0 Å². The van der Waals surface area contributed by atoms with Crippen LogP contribution < -0.4 is 15.4 Å². The molecule has 2 heterocycles. The average molecular weight is 375 g/mol. The Morgan fingerprint density at radius 1 is 1.15 bits per heavy atom. The van der Waals surface area contributed by atoms with Crippen LogP contribution in [0.5, 0.6) is 5.75 Å². The van der Waals surface area contributed by atoms with Crippen molar-refractivity contribution in [2.24, 2.45) is 4.99 Å². The number of aliphatic imine (C=N–C) groups is 1. The van der Waals surface area contributed by atoms with Crippen LogP contribution in [0.1, 0.15) is 30.9 Å². The lowest BCUT2D eigenvalue weighted by Gasteiger charge is -2.26.